The molecule has 0 radical (unpaired) electrons. The lowest BCUT2D eigenvalue weighted by molar-refractivity contribution is 0.0943. The fourth-order valence-electron chi connectivity index (χ4n) is 5.95. The molecule has 1 aliphatic heterocycles. The molecule has 3 aromatic rings. The number of amides is 1. The standard InChI is InChI=1S/C33H44N6O2/c1-22-12-16-34-20-27(22)21-39(28-8-10-30(41-5)11-9-28)29-14-18-38(19-15-29)23(2)13-17-35-33(40)31-24(3)36-32(26-6-7-26)37-25(31)4/h8-12,16,20,23,26,29H,6-7,13-15,17-19,21H2,1-5H3,(H,35,40)/t23-/m1/s1. The number of carbonyl (C=O) groups is 1. The van der Waals surface area contributed by atoms with E-state index in [4.69, 9.17) is 4.74 Å². The highest BCUT2D eigenvalue weighted by Gasteiger charge is 2.29. The summed E-state index contributed by atoms with van der Waals surface area (Å²) in [6.45, 7) is 11.8. The van der Waals surface area contributed by atoms with Gasteiger partial charge in [-0.05, 0) is 101 Å². The molecule has 218 valence electrons. The van der Waals surface area contributed by atoms with Gasteiger partial charge in [0.1, 0.15) is 11.6 Å². The normalized spacial score (nSPS) is 16.8. The van der Waals surface area contributed by atoms with Crippen LogP contribution >= 0.6 is 0 Å². The van der Waals surface area contributed by atoms with Crippen molar-refractivity contribution in [2.45, 2.75) is 84.3 Å². The molecule has 2 aliphatic rings. The minimum atomic E-state index is -0.0610. The summed E-state index contributed by atoms with van der Waals surface area (Å²) >= 11 is 0. The Balaban J connectivity index is 1.15. The molecular formula is C33H44N6O2. The number of hydrogen-bond acceptors (Lipinski definition) is 7. The molecule has 5 rings (SSSR count). The minimum absolute atomic E-state index is 0.0610. The number of ether oxygens (including phenoxy) is 1. The van der Waals surface area contributed by atoms with E-state index < -0.39 is 0 Å². The first kappa shape index (κ1) is 29.0. The van der Waals surface area contributed by atoms with Crippen molar-refractivity contribution in [1.29, 1.82) is 0 Å². The molecule has 1 saturated heterocycles. The highest BCUT2D eigenvalue weighted by atomic mass is 16.5. The molecule has 3 heterocycles. The Labute approximate surface area is 244 Å². The van der Waals surface area contributed by atoms with E-state index in [1.807, 2.05) is 38.4 Å². The fourth-order valence-corrected chi connectivity index (χ4v) is 5.95. The summed E-state index contributed by atoms with van der Waals surface area (Å²) in [6, 6.07) is 11.3. The van der Waals surface area contributed by atoms with Crippen LogP contribution in [0.1, 0.15) is 83.6 Å². The van der Waals surface area contributed by atoms with Gasteiger partial charge in [-0.1, -0.05) is 0 Å². The molecular weight excluding hydrogens is 512 g/mol. The number of anilines is 1. The molecule has 1 aromatic carbocycles. The Morgan fingerprint density at radius 2 is 1.73 bits per heavy atom. The number of rotatable bonds is 11. The molecule has 8 nitrogen and oxygen atoms in total. The first-order chi connectivity index (χ1) is 19.8. The van der Waals surface area contributed by atoms with E-state index in [1.54, 1.807) is 7.11 Å². The van der Waals surface area contributed by atoms with Gasteiger partial charge in [0, 0.05) is 62.3 Å². The highest BCUT2D eigenvalue weighted by Crippen LogP contribution is 2.38. The Bertz CT molecular complexity index is 1310. The predicted octanol–water partition coefficient (Wildman–Crippen LogP) is 5.36. The van der Waals surface area contributed by atoms with E-state index in [-0.39, 0.29) is 5.91 Å². The van der Waals surface area contributed by atoms with E-state index in [9.17, 15) is 4.79 Å². The molecule has 1 amide bonds. The second-order valence-electron chi connectivity index (χ2n) is 11.7. The summed E-state index contributed by atoms with van der Waals surface area (Å²) in [5, 5.41) is 3.14. The van der Waals surface area contributed by atoms with Crippen molar-refractivity contribution in [1.82, 2.24) is 25.2 Å². The SMILES string of the molecule is COc1ccc(N(Cc2cnccc2C)C2CCN([C@H](C)CCNC(=O)c3c(C)nc(C4CC4)nc3C)CC2)cc1. The maximum Gasteiger partial charge on any atom is 0.254 e. The highest BCUT2D eigenvalue weighted by molar-refractivity contribution is 5.96. The number of hydrogen-bond donors (Lipinski definition) is 1. The monoisotopic (exact) mass is 556 g/mol. The maximum atomic E-state index is 13.0. The number of aryl methyl sites for hydroxylation is 3. The third-order valence-corrected chi connectivity index (χ3v) is 8.76. The third kappa shape index (κ3) is 7.04. The molecule has 0 spiro atoms. The van der Waals surface area contributed by atoms with Crippen LogP contribution in [-0.4, -0.2) is 64.6 Å². The molecule has 1 saturated carbocycles. The van der Waals surface area contributed by atoms with Crippen LogP contribution in [0.3, 0.4) is 0 Å². The Hall–Kier alpha value is -3.52. The zero-order valence-corrected chi connectivity index (χ0v) is 25.2. The molecule has 2 aromatic heterocycles. The largest absolute Gasteiger partial charge is 0.497 e. The average Bonchev–Trinajstić information content (AvgIpc) is 3.82. The molecule has 41 heavy (non-hydrogen) atoms. The molecule has 1 atom stereocenters. The van der Waals surface area contributed by atoms with Gasteiger partial charge < -0.3 is 19.9 Å². The minimum Gasteiger partial charge on any atom is -0.497 e. The Kier molecular flexibility index (Phi) is 9.18. The van der Waals surface area contributed by atoms with Crippen molar-refractivity contribution in [3.63, 3.8) is 0 Å². The van der Waals surface area contributed by atoms with Crippen molar-refractivity contribution in [2.24, 2.45) is 0 Å². The summed E-state index contributed by atoms with van der Waals surface area (Å²) in [5.74, 6) is 2.19. The van der Waals surface area contributed by atoms with Crippen molar-refractivity contribution in [3.05, 3.63) is 76.6 Å². The van der Waals surface area contributed by atoms with Crippen molar-refractivity contribution < 1.29 is 9.53 Å². The second-order valence-corrected chi connectivity index (χ2v) is 11.7. The quantitative estimate of drug-likeness (QED) is 0.340. The van der Waals surface area contributed by atoms with Crippen molar-refractivity contribution in [3.8, 4) is 5.75 Å². The van der Waals surface area contributed by atoms with Gasteiger partial charge >= 0.3 is 0 Å². The Morgan fingerprint density at radius 3 is 2.34 bits per heavy atom. The van der Waals surface area contributed by atoms with E-state index in [0.29, 0.717) is 30.1 Å². The van der Waals surface area contributed by atoms with Gasteiger partial charge in [0.2, 0.25) is 0 Å². The lowest BCUT2D eigenvalue weighted by atomic mass is 9.99. The number of likely N-dealkylation sites (tertiary alicyclic amines) is 1. The van der Waals surface area contributed by atoms with E-state index >= 15 is 0 Å². The smallest absolute Gasteiger partial charge is 0.254 e. The molecule has 2 fully saturated rings. The lowest BCUT2D eigenvalue weighted by Gasteiger charge is -2.42. The van der Waals surface area contributed by atoms with E-state index in [1.165, 1.54) is 16.8 Å². The van der Waals surface area contributed by atoms with Crippen LogP contribution in [0.15, 0.2) is 42.7 Å². The van der Waals surface area contributed by atoms with Crippen molar-refractivity contribution in [2.75, 3.05) is 31.6 Å². The Morgan fingerprint density at radius 1 is 1.05 bits per heavy atom. The van der Waals surface area contributed by atoms with Gasteiger partial charge in [-0.25, -0.2) is 9.97 Å². The van der Waals surface area contributed by atoms with E-state index in [2.05, 4.69) is 62.1 Å². The number of piperidine rings is 1. The van der Waals surface area contributed by atoms with Crippen LogP contribution in [0.25, 0.3) is 0 Å². The van der Waals surface area contributed by atoms with Gasteiger partial charge in [-0.3, -0.25) is 9.78 Å². The number of carbonyl (C=O) groups excluding carboxylic acids is 1. The van der Waals surface area contributed by atoms with Crippen LogP contribution in [0.2, 0.25) is 0 Å². The number of methoxy groups -OCH3 is 1. The molecule has 0 unspecified atom stereocenters. The molecule has 8 heteroatoms. The van der Waals surface area contributed by atoms with E-state index in [0.717, 1.165) is 74.7 Å². The van der Waals surface area contributed by atoms with Gasteiger partial charge in [-0.15, -0.1) is 0 Å². The molecule has 1 N–H and O–H groups in total. The zero-order valence-electron chi connectivity index (χ0n) is 25.2. The van der Waals surface area contributed by atoms with Crippen LogP contribution in [0.5, 0.6) is 5.75 Å². The van der Waals surface area contributed by atoms with Crippen LogP contribution < -0.4 is 15.0 Å². The number of benzene rings is 1. The van der Waals surface area contributed by atoms with Gasteiger partial charge in [-0.2, -0.15) is 0 Å². The summed E-state index contributed by atoms with van der Waals surface area (Å²) in [4.78, 5) is 31.7. The maximum absolute atomic E-state index is 13.0. The predicted molar refractivity (Wildman–Crippen MR) is 163 cm³/mol. The van der Waals surface area contributed by atoms with Crippen LogP contribution in [0.4, 0.5) is 5.69 Å². The van der Waals surface area contributed by atoms with Crippen molar-refractivity contribution >= 4 is 11.6 Å². The zero-order chi connectivity index (χ0) is 28.9. The number of nitrogens with zero attached hydrogens (tertiary/aromatic N) is 5. The summed E-state index contributed by atoms with van der Waals surface area (Å²) in [7, 11) is 1.71. The average molecular weight is 557 g/mol. The van der Waals surface area contributed by atoms with Gasteiger partial charge in [0.05, 0.1) is 24.1 Å². The second kappa shape index (κ2) is 13.0. The number of pyridine rings is 1. The molecule has 1 aliphatic carbocycles. The van der Waals surface area contributed by atoms with Gasteiger partial charge in [0.25, 0.3) is 5.91 Å². The lowest BCUT2D eigenvalue weighted by Crippen LogP contribution is -2.48. The summed E-state index contributed by atoms with van der Waals surface area (Å²) in [6.07, 6.45) is 9.25. The first-order valence-corrected chi connectivity index (χ1v) is 15.0. The van der Waals surface area contributed by atoms with Crippen LogP contribution in [0, 0.1) is 20.8 Å². The van der Waals surface area contributed by atoms with Crippen LogP contribution in [-0.2, 0) is 6.54 Å². The first-order valence-electron chi connectivity index (χ1n) is 15.0. The summed E-state index contributed by atoms with van der Waals surface area (Å²) in [5.41, 5.74) is 5.94. The number of nitrogens with one attached hydrogen (secondary N) is 1. The summed E-state index contributed by atoms with van der Waals surface area (Å²) < 4.78 is 5.40. The molecule has 0 bridgehead atoms. The van der Waals surface area contributed by atoms with Gasteiger partial charge in [0.15, 0.2) is 0 Å². The number of aromatic nitrogens is 3. The topological polar surface area (TPSA) is 83.5 Å². The third-order valence-electron chi connectivity index (χ3n) is 8.76. The fraction of sp³-hybridized carbons (Fsp3) is 0.515.